The van der Waals surface area contributed by atoms with E-state index in [9.17, 15) is 4.79 Å². The molecule has 3 heteroatoms. The summed E-state index contributed by atoms with van der Waals surface area (Å²) < 4.78 is 0. The number of nitrogens with zero attached hydrogens (tertiary/aromatic N) is 2. The van der Waals surface area contributed by atoms with Gasteiger partial charge in [0.15, 0.2) is 0 Å². The van der Waals surface area contributed by atoms with Gasteiger partial charge in [0.25, 0.3) is 0 Å². The van der Waals surface area contributed by atoms with E-state index in [2.05, 4.69) is 44.4 Å². The number of amides is 2. The number of carbonyl (C=O) groups excluding carboxylic acids is 1. The number of fused-ring (bicyclic) bond motifs is 1. The van der Waals surface area contributed by atoms with Crippen LogP contribution in [0.5, 0.6) is 0 Å². The largest absolute Gasteiger partial charge is 0.321 e. The van der Waals surface area contributed by atoms with E-state index in [0.717, 1.165) is 5.92 Å². The second-order valence-corrected chi connectivity index (χ2v) is 7.75. The van der Waals surface area contributed by atoms with E-state index >= 15 is 0 Å². The molecule has 0 aromatic heterocycles. The van der Waals surface area contributed by atoms with Gasteiger partial charge in [0.2, 0.25) is 0 Å². The zero-order valence-corrected chi connectivity index (χ0v) is 14.6. The van der Waals surface area contributed by atoms with Gasteiger partial charge in [-0.2, -0.15) is 0 Å². The summed E-state index contributed by atoms with van der Waals surface area (Å²) in [5, 5.41) is 0. The Morgan fingerprint density at radius 1 is 0.857 bits per heavy atom. The summed E-state index contributed by atoms with van der Waals surface area (Å²) in [5.74, 6) is 0.733. The van der Waals surface area contributed by atoms with Crippen LogP contribution in [0.3, 0.4) is 0 Å². The summed E-state index contributed by atoms with van der Waals surface area (Å²) in [4.78, 5) is 17.3. The van der Waals surface area contributed by atoms with E-state index in [1.54, 1.807) is 0 Å². The minimum atomic E-state index is 0.279. The number of hydrogen-bond acceptors (Lipinski definition) is 1. The van der Waals surface area contributed by atoms with Gasteiger partial charge in [0, 0.05) is 12.1 Å². The lowest BCUT2D eigenvalue weighted by Crippen LogP contribution is -2.42. The van der Waals surface area contributed by atoms with Crippen LogP contribution in [0.15, 0.2) is 0 Å². The maximum absolute atomic E-state index is 12.9. The predicted octanol–water partition coefficient (Wildman–Crippen LogP) is 4.66. The fraction of sp³-hybridized carbons (Fsp3) is 0.944. The third-order valence-corrected chi connectivity index (χ3v) is 5.30. The van der Waals surface area contributed by atoms with E-state index in [0.29, 0.717) is 24.2 Å². The topological polar surface area (TPSA) is 23.6 Å². The molecule has 3 atom stereocenters. The molecule has 1 heterocycles. The summed E-state index contributed by atoms with van der Waals surface area (Å²) >= 11 is 0. The fourth-order valence-electron chi connectivity index (χ4n) is 4.33. The van der Waals surface area contributed by atoms with Crippen molar-refractivity contribution in [1.29, 1.82) is 0 Å². The van der Waals surface area contributed by atoms with Gasteiger partial charge in [-0.05, 0) is 46.5 Å². The van der Waals surface area contributed by atoms with Crippen molar-refractivity contribution >= 4 is 6.03 Å². The van der Waals surface area contributed by atoms with Crippen LogP contribution >= 0.6 is 0 Å². The molecule has 0 radical (unpaired) electrons. The first kappa shape index (κ1) is 16.6. The minimum absolute atomic E-state index is 0.279. The Morgan fingerprint density at radius 3 is 1.95 bits per heavy atom. The highest BCUT2D eigenvalue weighted by Crippen LogP contribution is 2.35. The molecule has 3 nitrogen and oxygen atoms in total. The van der Waals surface area contributed by atoms with Crippen LogP contribution in [-0.4, -0.2) is 40.0 Å². The van der Waals surface area contributed by atoms with Crippen molar-refractivity contribution in [2.45, 2.75) is 104 Å². The lowest BCUT2D eigenvalue weighted by molar-refractivity contribution is 0.163. The van der Waals surface area contributed by atoms with Crippen molar-refractivity contribution in [2.75, 3.05) is 0 Å². The van der Waals surface area contributed by atoms with Gasteiger partial charge in [-0.1, -0.05) is 39.0 Å². The lowest BCUT2D eigenvalue weighted by atomic mass is 9.87. The van der Waals surface area contributed by atoms with E-state index in [4.69, 9.17) is 0 Å². The average molecular weight is 294 g/mol. The number of hydrogen-bond donors (Lipinski definition) is 0. The highest BCUT2D eigenvalue weighted by molar-refractivity contribution is 5.78. The Balaban J connectivity index is 2.27. The SMILES string of the molecule is CC1CCCCCCC2C(C1)N(C(C)C)C(=O)N2C(C)C. The molecule has 21 heavy (non-hydrogen) atoms. The Hall–Kier alpha value is -0.730. The molecular weight excluding hydrogens is 260 g/mol. The van der Waals surface area contributed by atoms with Gasteiger partial charge in [-0.3, -0.25) is 0 Å². The Morgan fingerprint density at radius 2 is 1.38 bits per heavy atom. The Bertz CT molecular complexity index is 353. The first-order chi connectivity index (χ1) is 9.93. The molecular formula is C18H34N2O. The van der Waals surface area contributed by atoms with E-state index < -0.39 is 0 Å². The molecule has 0 spiro atoms. The third-order valence-electron chi connectivity index (χ3n) is 5.30. The molecule has 3 unspecified atom stereocenters. The van der Waals surface area contributed by atoms with Crippen molar-refractivity contribution in [2.24, 2.45) is 5.92 Å². The van der Waals surface area contributed by atoms with Crippen LogP contribution in [-0.2, 0) is 0 Å². The summed E-state index contributed by atoms with van der Waals surface area (Å²) in [6.45, 7) is 11.0. The van der Waals surface area contributed by atoms with Crippen LogP contribution < -0.4 is 0 Å². The summed E-state index contributed by atoms with van der Waals surface area (Å²) in [6, 6.07) is 1.76. The average Bonchev–Trinajstić information content (AvgIpc) is 2.66. The zero-order valence-electron chi connectivity index (χ0n) is 14.6. The highest BCUT2D eigenvalue weighted by atomic mass is 16.2. The predicted molar refractivity (Wildman–Crippen MR) is 88.4 cm³/mol. The fourth-order valence-corrected chi connectivity index (χ4v) is 4.33. The lowest BCUT2D eigenvalue weighted by Gasteiger charge is -2.33. The Kier molecular flexibility index (Phi) is 5.56. The summed E-state index contributed by atoms with van der Waals surface area (Å²) in [7, 11) is 0. The van der Waals surface area contributed by atoms with Gasteiger partial charge < -0.3 is 9.80 Å². The maximum atomic E-state index is 12.9. The van der Waals surface area contributed by atoms with Gasteiger partial charge >= 0.3 is 6.03 Å². The smallest absolute Gasteiger partial charge is 0.317 e. The molecule has 122 valence electrons. The molecule has 1 saturated heterocycles. The van der Waals surface area contributed by atoms with Gasteiger partial charge in [0.05, 0.1) is 12.1 Å². The van der Waals surface area contributed by atoms with Gasteiger partial charge in [-0.25, -0.2) is 4.79 Å². The second-order valence-electron chi connectivity index (χ2n) is 7.75. The van der Waals surface area contributed by atoms with Crippen molar-refractivity contribution in [3.8, 4) is 0 Å². The van der Waals surface area contributed by atoms with Crippen LogP contribution in [0.2, 0.25) is 0 Å². The van der Waals surface area contributed by atoms with E-state index in [1.165, 1.54) is 44.9 Å². The van der Waals surface area contributed by atoms with Gasteiger partial charge in [0.1, 0.15) is 0 Å². The minimum Gasteiger partial charge on any atom is -0.317 e. The van der Waals surface area contributed by atoms with E-state index in [-0.39, 0.29) is 6.03 Å². The van der Waals surface area contributed by atoms with Crippen molar-refractivity contribution < 1.29 is 4.79 Å². The molecule has 1 aliphatic heterocycles. The molecule has 1 aliphatic carbocycles. The first-order valence-corrected chi connectivity index (χ1v) is 9.04. The molecule has 0 N–H and O–H groups in total. The quantitative estimate of drug-likeness (QED) is 0.726. The maximum Gasteiger partial charge on any atom is 0.321 e. The van der Waals surface area contributed by atoms with Crippen molar-refractivity contribution in [3.63, 3.8) is 0 Å². The molecule has 2 aliphatic rings. The van der Waals surface area contributed by atoms with Crippen LogP contribution in [0, 0.1) is 5.92 Å². The second kappa shape index (κ2) is 7.02. The monoisotopic (exact) mass is 294 g/mol. The van der Waals surface area contributed by atoms with Crippen LogP contribution in [0.1, 0.15) is 79.6 Å². The summed E-state index contributed by atoms with van der Waals surface area (Å²) in [6.07, 6.45) is 9.02. The van der Waals surface area contributed by atoms with E-state index in [1.807, 2.05) is 0 Å². The standard InChI is InChI=1S/C18H34N2O/c1-13(2)19-16-11-9-7-6-8-10-15(5)12-17(16)20(14(3)4)18(19)21/h13-17H,6-12H2,1-5H3. The molecule has 2 fully saturated rings. The molecule has 1 saturated carbocycles. The molecule has 2 amide bonds. The van der Waals surface area contributed by atoms with Crippen LogP contribution in [0.25, 0.3) is 0 Å². The number of urea groups is 1. The zero-order chi connectivity index (χ0) is 15.6. The highest BCUT2D eigenvalue weighted by Gasteiger charge is 2.47. The third kappa shape index (κ3) is 3.54. The normalized spacial score (nSPS) is 32.0. The molecule has 0 aromatic carbocycles. The van der Waals surface area contributed by atoms with Crippen molar-refractivity contribution in [3.05, 3.63) is 0 Å². The molecule has 0 bridgehead atoms. The van der Waals surface area contributed by atoms with Crippen LogP contribution in [0.4, 0.5) is 4.79 Å². The number of carbonyl (C=O) groups is 1. The number of rotatable bonds is 2. The summed E-state index contributed by atoms with van der Waals surface area (Å²) in [5.41, 5.74) is 0. The molecule has 0 aromatic rings. The Labute approximate surface area is 131 Å². The van der Waals surface area contributed by atoms with Gasteiger partial charge in [-0.15, -0.1) is 0 Å². The first-order valence-electron chi connectivity index (χ1n) is 9.04. The van der Waals surface area contributed by atoms with Crippen molar-refractivity contribution in [1.82, 2.24) is 9.80 Å². The molecule has 2 rings (SSSR count).